The molecule has 2 atom stereocenters. The highest BCUT2D eigenvalue weighted by Crippen LogP contribution is 2.32. The lowest BCUT2D eigenvalue weighted by Gasteiger charge is -2.20. The predicted molar refractivity (Wildman–Crippen MR) is 104 cm³/mol. The van der Waals surface area contributed by atoms with Crippen LogP contribution in [0.5, 0.6) is 5.75 Å². The zero-order valence-electron chi connectivity index (χ0n) is 16.3. The lowest BCUT2D eigenvalue weighted by atomic mass is 9.99. The van der Waals surface area contributed by atoms with E-state index in [1.54, 1.807) is 19.9 Å². The molecular weight excluding hydrogens is 362 g/mol. The van der Waals surface area contributed by atoms with Gasteiger partial charge in [0.1, 0.15) is 17.4 Å². The van der Waals surface area contributed by atoms with Crippen molar-refractivity contribution in [3.05, 3.63) is 39.2 Å². The first-order chi connectivity index (χ1) is 13.3. The topological polar surface area (TPSA) is 106 Å². The van der Waals surface area contributed by atoms with Crippen LogP contribution in [-0.2, 0) is 22.4 Å². The molecule has 0 radical (unpaired) electrons. The Morgan fingerprint density at radius 3 is 2.68 bits per heavy atom. The zero-order valence-corrected chi connectivity index (χ0v) is 16.3. The SMILES string of the molecule is CC[C@@H](C)[C@H](NC(=O)COc1ccc2c3c(c(=O)oc2c1C)CCC3)C(=O)O. The fourth-order valence-electron chi connectivity index (χ4n) is 3.66. The summed E-state index contributed by atoms with van der Waals surface area (Å²) in [5.74, 6) is -1.35. The van der Waals surface area contributed by atoms with Crippen molar-refractivity contribution >= 4 is 22.8 Å². The highest BCUT2D eigenvalue weighted by Gasteiger charge is 2.26. The molecule has 1 amide bonds. The van der Waals surface area contributed by atoms with E-state index in [2.05, 4.69) is 5.32 Å². The van der Waals surface area contributed by atoms with Crippen molar-refractivity contribution in [2.75, 3.05) is 6.61 Å². The Labute approximate surface area is 162 Å². The van der Waals surface area contributed by atoms with Crippen LogP contribution in [0.2, 0.25) is 0 Å². The number of amides is 1. The van der Waals surface area contributed by atoms with E-state index in [1.165, 1.54) is 0 Å². The van der Waals surface area contributed by atoms with E-state index in [0.717, 1.165) is 35.8 Å². The smallest absolute Gasteiger partial charge is 0.339 e. The van der Waals surface area contributed by atoms with Crippen molar-refractivity contribution in [1.29, 1.82) is 0 Å². The number of hydrogen-bond donors (Lipinski definition) is 2. The maximum atomic E-state index is 12.2. The van der Waals surface area contributed by atoms with Crippen LogP contribution in [0.25, 0.3) is 11.0 Å². The Morgan fingerprint density at radius 1 is 1.29 bits per heavy atom. The molecule has 7 nitrogen and oxygen atoms in total. The molecular formula is C21H25NO6. The number of nitrogens with one attached hydrogen (secondary N) is 1. The Morgan fingerprint density at radius 2 is 2.00 bits per heavy atom. The van der Waals surface area contributed by atoms with Crippen LogP contribution >= 0.6 is 0 Å². The largest absolute Gasteiger partial charge is 0.483 e. The first-order valence-corrected chi connectivity index (χ1v) is 9.56. The number of carbonyl (C=O) groups excluding carboxylic acids is 1. The van der Waals surface area contributed by atoms with Crippen molar-refractivity contribution in [3.8, 4) is 5.75 Å². The number of fused-ring (bicyclic) bond motifs is 3. The van der Waals surface area contributed by atoms with E-state index in [-0.39, 0.29) is 18.2 Å². The Kier molecular flexibility index (Phi) is 5.72. The second-order valence-corrected chi connectivity index (χ2v) is 7.32. The monoisotopic (exact) mass is 387 g/mol. The first kappa shape index (κ1) is 19.9. The van der Waals surface area contributed by atoms with E-state index in [0.29, 0.717) is 23.3 Å². The van der Waals surface area contributed by atoms with Crippen molar-refractivity contribution in [3.63, 3.8) is 0 Å². The Balaban J connectivity index is 1.77. The second-order valence-electron chi connectivity index (χ2n) is 7.32. The van der Waals surface area contributed by atoms with Crippen molar-refractivity contribution < 1.29 is 23.8 Å². The molecule has 1 aliphatic carbocycles. The molecule has 2 aromatic rings. The van der Waals surface area contributed by atoms with Gasteiger partial charge in [-0.2, -0.15) is 0 Å². The summed E-state index contributed by atoms with van der Waals surface area (Å²) in [6.07, 6.45) is 3.17. The quantitative estimate of drug-likeness (QED) is 0.708. The second kappa shape index (κ2) is 8.04. The van der Waals surface area contributed by atoms with Gasteiger partial charge in [0.15, 0.2) is 6.61 Å². The predicted octanol–water partition coefficient (Wildman–Crippen LogP) is 2.58. The number of ether oxygens (including phenoxy) is 1. The molecule has 7 heteroatoms. The normalized spacial score (nSPS) is 15.1. The number of benzene rings is 1. The van der Waals surface area contributed by atoms with Crippen LogP contribution in [0.3, 0.4) is 0 Å². The Hall–Kier alpha value is -2.83. The molecule has 3 rings (SSSR count). The molecule has 1 aliphatic rings. The number of aryl methyl sites for hydroxylation is 2. The summed E-state index contributed by atoms with van der Waals surface area (Å²) < 4.78 is 11.1. The van der Waals surface area contributed by atoms with Crippen LogP contribution in [-0.4, -0.2) is 29.6 Å². The highest BCUT2D eigenvalue weighted by atomic mass is 16.5. The molecule has 1 aromatic heterocycles. The van der Waals surface area contributed by atoms with Gasteiger partial charge in [0.2, 0.25) is 0 Å². The van der Waals surface area contributed by atoms with Gasteiger partial charge >= 0.3 is 11.6 Å². The summed E-state index contributed by atoms with van der Waals surface area (Å²) in [6, 6.07) is 2.65. The van der Waals surface area contributed by atoms with Crippen molar-refractivity contribution in [2.24, 2.45) is 5.92 Å². The minimum atomic E-state index is -1.07. The van der Waals surface area contributed by atoms with Crippen LogP contribution in [0.15, 0.2) is 21.3 Å². The molecule has 0 saturated heterocycles. The number of rotatable bonds is 7. The molecule has 0 saturated carbocycles. The summed E-state index contributed by atoms with van der Waals surface area (Å²) in [5.41, 5.74) is 2.61. The van der Waals surface area contributed by atoms with Gasteiger partial charge in [-0.05, 0) is 49.8 Å². The minimum absolute atomic E-state index is 0.194. The van der Waals surface area contributed by atoms with E-state index in [9.17, 15) is 19.5 Å². The van der Waals surface area contributed by atoms with Crippen LogP contribution < -0.4 is 15.7 Å². The molecule has 0 aliphatic heterocycles. The van der Waals surface area contributed by atoms with E-state index in [1.807, 2.05) is 13.0 Å². The zero-order chi connectivity index (χ0) is 20.4. The minimum Gasteiger partial charge on any atom is -0.483 e. The molecule has 28 heavy (non-hydrogen) atoms. The van der Waals surface area contributed by atoms with Gasteiger partial charge in [-0.1, -0.05) is 20.3 Å². The van der Waals surface area contributed by atoms with E-state index in [4.69, 9.17) is 9.15 Å². The number of hydrogen-bond acceptors (Lipinski definition) is 5. The lowest BCUT2D eigenvalue weighted by molar-refractivity contribution is -0.143. The molecule has 0 bridgehead atoms. The van der Waals surface area contributed by atoms with Crippen molar-refractivity contribution in [1.82, 2.24) is 5.32 Å². The molecule has 1 heterocycles. The summed E-state index contributed by atoms with van der Waals surface area (Å²) in [4.78, 5) is 35.7. The van der Waals surface area contributed by atoms with Crippen LogP contribution in [0.1, 0.15) is 43.4 Å². The fourth-order valence-corrected chi connectivity index (χ4v) is 3.66. The van der Waals surface area contributed by atoms with E-state index < -0.39 is 17.9 Å². The number of carboxylic acid groups (broad SMARTS) is 1. The van der Waals surface area contributed by atoms with Gasteiger partial charge in [0, 0.05) is 16.5 Å². The summed E-state index contributed by atoms with van der Waals surface area (Å²) >= 11 is 0. The molecule has 0 fully saturated rings. The molecule has 2 N–H and O–H groups in total. The van der Waals surface area contributed by atoms with Gasteiger partial charge in [-0.25, -0.2) is 9.59 Å². The highest BCUT2D eigenvalue weighted by molar-refractivity contribution is 5.87. The van der Waals surface area contributed by atoms with Crippen LogP contribution in [0, 0.1) is 12.8 Å². The average molecular weight is 387 g/mol. The first-order valence-electron chi connectivity index (χ1n) is 9.56. The molecule has 150 valence electrons. The maximum Gasteiger partial charge on any atom is 0.339 e. The average Bonchev–Trinajstić information content (AvgIpc) is 3.16. The third-order valence-corrected chi connectivity index (χ3v) is 5.49. The Bertz CT molecular complexity index is 977. The number of carbonyl (C=O) groups is 2. The standard InChI is InChI=1S/C21H25NO6/c1-4-11(2)18(20(24)25)22-17(23)10-27-16-9-8-14-13-6-5-7-15(13)21(26)28-19(14)12(16)3/h8-9,11,18H,4-7,10H2,1-3H3,(H,22,23)(H,24,25)/t11-,18+/m1/s1. The third kappa shape index (κ3) is 3.74. The van der Waals surface area contributed by atoms with Gasteiger partial charge in [-0.3, -0.25) is 4.79 Å². The van der Waals surface area contributed by atoms with E-state index >= 15 is 0 Å². The molecule has 0 spiro atoms. The summed E-state index contributed by atoms with van der Waals surface area (Å²) in [7, 11) is 0. The van der Waals surface area contributed by atoms with Crippen LogP contribution in [0.4, 0.5) is 0 Å². The van der Waals surface area contributed by atoms with Crippen molar-refractivity contribution in [2.45, 2.75) is 52.5 Å². The third-order valence-electron chi connectivity index (χ3n) is 5.49. The summed E-state index contributed by atoms with van der Waals surface area (Å²) in [5, 5.41) is 12.7. The molecule has 1 aromatic carbocycles. The number of carboxylic acids is 1. The fraction of sp³-hybridized carbons (Fsp3) is 0.476. The maximum absolute atomic E-state index is 12.2. The van der Waals surface area contributed by atoms with Gasteiger partial charge in [0.25, 0.3) is 5.91 Å². The molecule has 0 unspecified atom stereocenters. The van der Waals surface area contributed by atoms with Gasteiger partial charge in [-0.15, -0.1) is 0 Å². The lowest BCUT2D eigenvalue weighted by Crippen LogP contribution is -2.46. The van der Waals surface area contributed by atoms with Gasteiger partial charge in [0.05, 0.1) is 0 Å². The number of aliphatic carboxylic acids is 1. The summed E-state index contributed by atoms with van der Waals surface area (Å²) in [6.45, 7) is 5.10. The van der Waals surface area contributed by atoms with Gasteiger partial charge < -0.3 is 19.6 Å².